The van der Waals surface area contributed by atoms with Crippen LogP contribution in [0.15, 0.2) is 36.7 Å². The van der Waals surface area contributed by atoms with Gasteiger partial charge >= 0.3 is 0 Å². The van der Waals surface area contributed by atoms with E-state index in [0.29, 0.717) is 6.54 Å². The Hall–Kier alpha value is -1.81. The van der Waals surface area contributed by atoms with Crippen LogP contribution in [0.2, 0.25) is 5.02 Å². The van der Waals surface area contributed by atoms with Crippen molar-refractivity contribution < 1.29 is 4.39 Å². The number of nitrogens with zero attached hydrogens (tertiary/aromatic N) is 1. The Balaban J connectivity index is 1.97. The fraction of sp³-hybridized carbons (Fsp3) is 0.267. The van der Waals surface area contributed by atoms with Crippen LogP contribution < -0.4 is 10.6 Å². The molecule has 1 aromatic carbocycles. The van der Waals surface area contributed by atoms with Gasteiger partial charge in [-0.2, -0.15) is 0 Å². The third-order valence-electron chi connectivity index (χ3n) is 2.80. The zero-order valence-electron chi connectivity index (χ0n) is 11.3. The summed E-state index contributed by atoms with van der Waals surface area (Å²) in [7, 11) is 0. The Morgan fingerprint density at radius 3 is 2.60 bits per heavy atom. The minimum Gasteiger partial charge on any atom is -0.384 e. The van der Waals surface area contributed by atoms with Crippen molar-refractivity contribution in [1.29, 1.82) is 0 Å². The van der Waals surface area contributed by atoms with Crippen LogP contribution in [0.1, 0.15) is 18.9 Å². The summed E-state index contributed by atoms with van der Waals surface area (Å²) >= 11 is 5.75. The summed E-state index contributed by atoms with van der Waals surface area (Å²) in [6.07, 6.45) is 4.60. The van der Waals surface area contributed by atoms with E-state index in [4.69, 9.17) is 11.6 Å². The summed E-state index contributed by atoms with van der Waals surface area (Å²) in [5.74, 6) is -0.400. The van der Waals surface area contributed by atoms with Gasteiger partial charge < -0.3 is 10.6 Å². The third-order valence-corrected chi connectivity index (χ3v) is 3.09. The van der Waals surface area contributed by atoms with Crippen molar-refractivity contribution in [3.8, 4) is 0 Å². The van der Waals surface area contributed by atoms with Gasteiger partial charge in [0.1, 0.15) is 5.82 Å². The van der Waals surface area contributed by atoms with Crippen LogP contribution in [-0.4, -0.2) is 11.5 Å². The predicted octanol–water partition coefficient (Wildman–Crippen LogP) is 4.31. The number of nitrogens with one attached hydrogen (secondary N) is 2. The molecular formula is C15H17ClFN3. The van der Waals surface area contributed by atoms with E-state index in [1.165, 1.54) is 6.07 Å². The first-order chi connectivity index (χ1) is 9.69. The van der Waals surface area contributed by atoms with Crippen LogP contribution in [0.5, 0.6) is 0 Å². The van der Waals surface area contributed by atoms with Gasteiger partial charge in [0.2, 0.25) is 0 Å². The lowest BCUT2D eigenvalue weighted by Gasteiger charge is -2.09. The lowest BCUT2D eigenvalue weighted by Crippen LogP contribution is -2.03. The molecule has 0 spiro atoms. The Labute approximate surface area is 123 Å². The first-order valence-electron chi connectivity index (χ1n) is 6.55. The number of hydrogen-bond donors (Lipinski definition) is 2. The smallest absolute Gasteiger partial charge is 0.141 e. The molecule has 0 atom stereocenters. The van der Waals surface area contributed by atoms with Crippen molar-refractivity contribution in [2.45, 2.75) is 19.9 Å². The molecule has 5 heteroatoms. The number of pyridine rings is 1. The largest absolute Gasteiger partial charge is 0.384 e. The van der Waals surface area contributed by atoms with E-state index in [9.17, 15) is 4.39 Å². The van der Waals surface area contributed by atoms with Gasteiger partial charge in [-0.05, 0) is 30.2 Å². The van der Waals surface area contributed by atoms with Crippen molar-refractivity contribution >= 4 is 23.0 Å². The molecule has 106 valence electrons. The van der Waals surface area contributed by atoms with Crippen LogP contribution in [0.25, 0.3) is 0 Å². The Morgan fingerprint density at radius 2 is 1.90 bits per heavy atom. The molecule has 0 saturated heterocycles. The van der Waals surface area contributed by atoms with Crippen molar-refractivity contribution in [3.63, 3.8) is 0 Å². The molecule has 2 rings (SSSR count). The van der Waals surface area contributed by atoms with Gasteiger partial charge in [-0.3, -0.25) is 4.98 Å². The van der Waals surface area contributed by atoms with E-state index in [1.54, 1.807) is 24.5 Å². The minimum absolute atomic E-state index is 0.140. The Morgan fingerprint density at radius 1 is 1.15 bits per heavy atom. The van der Waals surface area contributed by atoms with Crippen LogP contribution in [0.4, 0.5) is 15.8 Å². The van der Waals surface area contributed by atoms with Crippen LogP contribution >= 0.6 is 11.6 Å². The zero-order chi connectivity index (χ0) is 14.4. The number of halogens is 2. The average molecular weight is 294 g/mol. The second-order valence-electron chi connectivity index (χ2n) is 4.49. The molecule has 0 aliphatic heterocycles. The van der Waals surface area contributed by atoms with Crippen molar-refractivity contribution in [1.82, 2.24) is 4.98 Å². The van der Waals surface area contributed by atoms with Gasteiger partial charge in [0.05, 0.1) is 28.8 Å². The first-order valence-corrected chi connectivity index (χ1v) is 6.93. The maximum Gasteiger partial charge on any atom is 0.141 e. The minimum atomic E-state index is -0.400. The molecule has 0 bridgehead atoms. The topological polar surface area (TPSA) is 37.0 Å². The highest BCUT2D eigenvalue weighted by atomic mass is 35.5. The first kappa shape index (κ1) is 14.6. The maximum atomic E-state index is 13.1. The highest BCUT2D eigenvalue weighted by Gasteiger charge is 2.01. The molecule has 1 aromatic heterocycles. The maximum absolute atomic E-state index is 13.1. The Bertz CT molecular complexity index is 575. The molecular weight excluding hydrogens is 277 g/mol. The number of rotatable bonds is 6. The summed E-state index contributed by atoms with van der Waals surface area (Å²) in [5.41, 5.74) is 2.81. The van der Waals surface area contributed by atoms with E-state index in [0.717, 1.165) is 29.9 Å². The number of anilines is 2. The average Bonchev–Trinajstić information content (AvgIpc) is 2.47. The monoisotopic (exact) mass is 293 g/mol. The fourth-order valence-corrected chi connectivity index (χ4v) is 1.96. The summed E-state index contributed by atoms with van der Waals surface area (Å²) in [4.78, 5) is 4.17. The molecule has 1 heterocycles. The van der Waals surface area contributed by atoms with Crippen LogP contribution in [0, 0.1) is 5.82 Å². The number of aromatic nitrogens is 1. The van der Waals surface area contributed by atoms with E-state index in [-0.39, 0.29) is 5.02 Å². The van der Waals surface area contributed by atoms with Crippen molar-refractivity contribution in [2.24, 2.45) is 0 Å². The summed E-state index contributed by atoms with van der Waals surface area (Å²) in [6.45, 7) is 3.60. The summed E-state index contributed by atoms with van der Waals surface area (Å²) < 4.78 is 13.1. The molecule has 0 radical (unpaired) electrons. The SMILES string of the molecule is CCCNc1cncc(NCc2ccc(F)c(Cl)c2)c1. The number of benzene rings is 1. The van der Waals surface area contributed by atoms with Crippen LogP contribution in [0.3, 0.4) is 0 Å². The standard InChI is InChI=1S/C15H17ClFN3/c1-2-5-19-12-7-13(10-18-9-12)20-8-11-3-4-15(17)14(16)6-11/h3-4,6-7,9-10,19-20H,2,5,8H2,1H3. The van der Waals surface area contributed by atoms with E-state index in [1.807, 2.05) is 6.07 Å². The molecule has 0 saturated carbocycles. The second-order valence-corrected chi connectivity index (χ2v) is 4.90. The van der Waals surface area contributed by atoms with Crippen molar-refractivity contribution in [3.05, 3.63) is 53.1 Å². The van der Waals surface area contributed by atoms with E-state index >= 15 is 0 Å². The van der Waals surface area contributed by atoms with Gasteiger partial charge in [0.15, 0.2) is 0 Å². The van der Waals surface area contributed by atoms with Gasteiger partial charge in [-0.25, -0.2) is 4.39 Å². The molecule has 0 amide bonds. The van der Waals surface area contributed by atoms with Crippen molar-refractivity contribution in [2.75, 3.05) is 17.2 Å². The Kier molecular flexibility index (Phi) is 5.18. The van der Waals surface area contributed by atoms with Gasteiger partial charge in [-0.15, -0.1) is 0 Å². The molecule has 0 unspecified atom stereocenters. The lowest BCUT2D eigenvalue weighted by molar-refractivity contribution is 0.627. The molecule has 0 aliphatic rings. The van der Waals surface area contributed by atoms with E-state index in [2.05, 4.69) is 22.5 Å². The summed E-state index contributed by atoms with van der Waals surface area (Å²) in [5, 5.41) is 6.66. The molecule has 20 heavy (non-hydrogen) atoms. The molecule has 0 aliphatic carbocycles. The van der Waals surface area contributed by atoms with Gasteiger partial charge in [0.25, 0.3) is 0 Å². The zero-order valence-corrected chi connectivity index (χ0v) is 12.0. The molecule has 0 fully saturated rings. The van der Waals surface area contributed by atoms with E-state index < -0.39 is 5.82 Å². The highest BCUT2D eigenvalue weighted by Crippen LogP contribution is 2.18. The molecule has 2 aromatic rings. The van der Waals surface area contributed by atoms with Crippen LogP contribution in [-0.2, 0) is 6.54 Å². The second kappa shape index (κ2) is 7.10. The molecule has 3 nitrogen and oxygen atoms in total. The quantitative estimate of drug-likeness (QED) is 0.833. The third kappa shape index (κ3) is 4.10. The summed E-state index contributed by atoms with van der Waals surface area (Å²) in [6, 6.07) is 6.70. The predicted molar refractivity (Wildman–Crippen MR) is 81.8 cm³/mol. The van der Waals surface area contributed by atoms with Gasteiger partial charge in [0, 0.05) is 13.1 Å². The highest BCUT2D eigenvalue weighted by molar-refractivity contribution is 6.30. The lowest BCUT2D eigenvalue weighted by atomic mass is 10.2. The van der Waals surface area contributed by atoms with Gasteiger partial charge in [-0.1, -0.05) is 24.6 Å². The number of hydrogen-bond acceptors (Lipinski definition) is 3. The molecule has 2 N–H and O–H groups in total. The normalized spacial score (nSPS) is 10.3. The fourth-order valence-electron chi connectivity index (χ4n) is 1.76.